The highest BCUT2D eigenvalue weighted by Crippen LogP contribution is 2.46. The fraction of sp³-hybridized carbons (Fsp3) is 0. The first-order valence-corrected chi connectivity index (χ1v) is 21.0. The van der Waals surface area contributed by atoms with Crippen molar-refractivity contribution in [1.82, 2.24) is 0 Å². The molecule has 12 rings (SSSR count). The zero-order valence-corrected chi connectivity index (χ0v) is 33.3. The van der Waals surface area contributed by atoms with E-state index in [0.717, 1.165) is 27.7 Å². The second kappa shape index (κ2) is 14.4. The van der Waals surface area contributed by atoms with Crippen LogP contribution in [0.1, 0.15) is 0 Å². The number of para-hydroxylation sites is 1. The number of benzene rings is 11. The van der Waals surface area contributed by atoms with E-state index in [9.17, 15) is 0 Å². The quantitative estimate of drug-likeness (QED) is 0.153. The van der Waals surface area contributed by atoms with Crippen molar-refractivity contribution in [2.75, 3.05) is 0 Å². The highest BCUT2D eigenvalue weighted by Gasteiger charge is 2.19. The Labute approximate surface area is 354 Å². The molecule has 1 heteroatoms. The monoisotopic (exact) mass is 774 g/mol. The Hall–Kier alpha value is -8.00. The molecule has 61 heavy (non-hydrogen) atoms. The summed E-state index contributed by atoms with van der Waals surface area (Å²) < 4.78 is 6.61. The average Bonchev–Trinajstić information content (AvgIpc) is 3.74. The van der Waals surface area contributed by atoms with Gasteiger partial charge in [-0.3, -0.25) is 0 Å². The van der Waals surface area contributed by atoms with Crippen LogP contribution in [-0.4, -0.2) is 0 Å². The maximum Gasteiger partial charge on any atom is 0.143 e. The second-order valence-electron chi connectivity index (χ2n) is 16.0. The third-order valence-electron chi connectivity index (χ3n) is 12.5. The first-order chi connectivity index (χ1) is 30.2. The summed E-state index contributed by atoms with van der Waals surface area (Å²) in [7, 11) is 0. The molecule has 0 radical (unpaired) electrons. The molecule has 0 amide bonds. The lowest BCUT2D eigenvalue weighted by atomic mass is 9.84. The van der Waals surface area contributed by atoms with E-state index < -0.39 is 0 Å². The van der Waals surface area contributed by atoms with Gasteiger partial charge in [0.05, 0.1) is 0 Å². The number of rotatable bonds is 6. The van der Waals surface area contributed by atoms with Crippen LogP contribution in [0.25, 0.3) is 121 Å². The minimum Gasteiger partial charge on any atom is -0.455 e. The number of furan rings is 1. The lowest BCUT2D eigenvalue weighted by Crippen LogP contribution is -1.92. The molecule has 0 aliphatic rings. The van der Waals surface area contributed by atoms with Crippen LogP contribution in [-0.2, 0) is 0 Å². The largest absolute Gasteiger partial charge is 0.455 e. The summed E-state index contributed by atoms with van der Waals surface area (Å²) in [5.41, 5.74) is 16.2. The van der Waals surface area contributed by atoms with E-state index >= 15 is 0 Å². The zero-order chi connectivity index (χ0) is 40.3. The van der Waals surface area contributed by atoms with Crippen molar-refractivity contribution in [3.8, 4) is 66.8 Å². The molecule has 0 aliphatic carbocycles. The molecule has 1 heterocycles. The Balaban J connectivity index is 1.03. The van der Waals surface area contributed by atoms with Gasteiger partial charge in [-0.1, -0.05) is 212 Å². The van der Waals surface area contributed by atoms with Gasteiger partial charge >= 0.3 is 0 Å². The van der Waals surface area contributed by atoms with E-state index in [0.29, 0.717) is 0 Å². The number of hydrogen-bond acceptors (Lipinski definition) is 1. The van der Waals surface area contributed by atoms with E-state index in [1.165, 1.54) is 93.3 Å². The summed E-state index contributed by atoms with van der Waals surface area (Å²) in [5, 5.41) is 9.68. The van der Waals surface area contributed by atoms with Gasteiger partial charge in [0.1, 0.15) is 11.2 Å². The van der Waals surface area contributed by atoms with Gasteiger partial charge in [0, 0.05) is 16.3 Å². The maximum atomic E-state index is 6.61. The van der Waals surface area contributed by atoms with E-state index in [-0.39, 0.29) is 0 Å². The third-order valence-corrected chi connectivity index (χ3v) is 12.5. The SMILES string of the molecule is c1ccc(-c2ccc(-c3c4ccccc4c(-c4ccc(-c5ccccc5)cc4)c4cc(-c5ccc(-c6cc7ccccc7c7c6oc6ccccc67)cc5)ccc34)cc2)cc1. The van der Waals surface area contributed by atoms with Crippen LogP contribution < -0.4 is 0 Å². The fourth-order valence-electron chi connectivity index (χ4n) is 9.53. The Bertz CT molecular complexity index is 3580. The molecule has 1 aromatic heterocycles. The number of fused-ring (bicyclic) bond motifs is 7. The van der Waals surface area contributed by atoms with Gasteiger partial charge in [-0.15, -0.1) is 0 Å². The minimum atomic E-state index is 0.910. The summed E-state index contributed by atoms with van der Waals surface area (Å²) in [6.45, 7) is 0. The molecular formula is C60H38O. The molecule has 0 N–H and O–H groups in total. The van der Waals surface area contributed by atoms with Crippen molar-refractivity contribution in [3.05, 3.63) is 231 Å². The molecule has 12 aromatic rings. The molecule has 284 valence electrons. The molecule has 0 saturated heterocycles. The van der Waals surface area contributed by atoms with Crippen LogP contribution >= 0.6 is 0 Å². The summed E-state index contributed by atoms with van der Waals surface area (Å²) >= 11 is 0. The summed E-state index contributed by atoms with van der Waals surface area (Å²) in [4.78, 5) is 0. The molecule has 0 spiro atoms. The smallest absolute Gasteiger partial charge is 0.143 e. The van der Waals surface area contributed by atoms with E-state index in [2.05, 4.69) is 224 Å². The van der Waals surface area contributed by atoms with Crippen LogP contribution in [0.3, 0.4) is 0 Å². The Morgan fingerprint density at radius 3 is 1.26 bits per heavy atom. The average molecular weight is 775 g/mol. The molecular weight excluding hydrogens is 737 g/mol. The molecule has 0 unspecified atom stereocenters. The molecule has 0 saturated carbocycles. The summed E-state index contributed by atoms with van der Waals surface area (Å²) in [6.07, 6.45) is 0. The van der Waals surface area contributed by atoms with Crippen molar-refractivity contribution >= 4 is 54.3 Å². The standard InChI is InChI=1S/C60H38O/c1-3-13-39(14-4-1)41-25-31-45(32-26-41)57-50-19-9-10-20-51(50)58(46-33-27-42(28-34-46)40-15-5-2-6-16-40)55-37-47(35-36-52(55)57)43-23-29-44(30-24-43)54-38-48-17-7-8-18-49(48)59-53-21-11-12-22-56(53)61-60(54)59/h1-38H. The lowest BCUT2D eigenvalue weighted by Gasteiger charge is -2.19. The topological polar surface area (TPSA) is 13.1 Å². The summed E-state index contributed by atoms with van der Waals surface area (Å²) in [6, 6.07) is 83.7. The fourth-order valence-corrected chi connectivity index (χ4v) is 9.53. The molecule has 1 nitrogen and oxygen atoms in total. The van der Waals surface area contributed by atoms with E-state index in [1.54, 1.807) is 0 Å². The van der Waals surface area contributed by atoms with Gasteiger partial charge < -0.3 is 4.42 Å². The normalized spacial score (nSPS) is 11.6. The van der Waals surface area contributed by atoms with Crippen LogP contribution in [0.4, 0.5) is 0 Å². The Morgan fingerprint density at radius 2 is 0.656 bits per heavy atom. The van der Waals surface area contributed by atoms with Gasteiger partial charge in [0.2, 0.25) is 0 Å². The minimum absolute atomic E-state index is 0.910. The molecule has 0 fully saturated rings. The van der Waals surface area contributed by atoms with Gasteiger partial charge in [-0.2, -0.15) is 0 Å². The predicted octanol–water partition coefficient (Wildman–Crippen LogP) is 17.0. The third kappa shape index (κ3) is 5.93. The Morgan fingerprint density at radius 1 is 0.246 bits per heavy atom. The first-order valence-electron chi connectivity index (χ1n) is 21.0. The second-order valence-corrected chi connectivity index (χ2v) is 16.0. The van der Waals surface area contributed by atoms with Crippen molar-refractivity contribution in [3.63, 3.8) is 0 Å². The van der Waals surface area contributed by atoms with Gasteiger partial charge in [0.25, 0.3) is 0 Å². The highest BCUT2D eigenvalue weighted by atomic mass is 16.3. The van der Waals surface area contributed by atoms with Crippen LogP contribution in [0.2, 0.25) is 0 Å². The van der Waals surface area contributed by atoms with Crippen LogP contribution in [0, 0.1) is 0 Å². The molecule has 0 atom stereocenters. The first kappa shape index (κ1) is 35.0. The zero-order valence-electron chi connectivity index (χ0n) is 33.3. The summed E-state index contributed by atoms with van der Waals surface area (Å²) in [5.74, 6) is 0. The number of hydrogen-bond donors (Lipinski definition) is 0. The van der Waals surface area contributed by atoms with E-state index in [1.807, 2.05) is 6.07 Å². The lowest BCUT2D eigenvalue weighted by molar-refractivity contribution is 0.670. The molecule has 11 aromatic carbocycles. The van der Waals surface area contributed by atoms with Gasteiger partial charge in [-0.25, -0.2) is 0 Å². The van der Waals surface area contributed by atoms with Crippen molar-refractivity contribution < 1.29 is 4.42 Å². The van der Waals surface area contributed by atoms with Crippen molar-refractivity contribution in [2.45, 2.75) is 0 Å². The van der Waals surface area contributed by atoms with Crippen LogP contribution in [0.5, 0.6) is 0 Å². The molecule has 0 aliphatic heterocycles. The van der Waals surface area contributed by atoms with Crippen molar-refractivity contribution in [2.24, 2.45) is 0 Å². The van der Waals surface area contributed by atoms with E-state index in [4.69, 9.17) is 4.42 Å². The van der Waals surface area contributed by atoms with Gasteiger partial charge in [0.15, 0.2) is 0 Å². The van der Waals surface area contributed by atoms with Gasteiger partial charge in [-0.05, 0) is 112 Å². The van der Waals surface area contributed by atoms with Crippen LogP contribution in [0.15, 0.2) is 235 Å². The van der Waals surface area contributed by atoms with Crippen molar-refractivity contribution in [1.29, 1.82) is 0 Å². The predicted molar refractivity (Wildman–Crippen MR) is 259 cm³/mol. The molecule has 0 bridgehead atoms. The maximum absolute atomic E-state index is 6.61. The highest BCUT2D eigenvalue weighted by molar-refractivity contribution is 6.23. The Kier molecular flexibility index (Phi) is 8.25.